The summed E-state index contributed by atoms with van der Waals surface area (Å²) in [6.07, 6.45) is 0.955. The van der Waals surface area contributed by atoms with Gasteiger partial charge in [0, 0.05) is 18.0 Å². The van der Waals surface area contributed by atoms with Gasteiger partial charge in [0.2, 0.25) is 0 Å². The van der Waals surface area contributed by atoms with Crippen molar-refractivity contribution in [2.75, 3.05) is 19.8 Å². The molecule has 1 amide bonds. The second-order valence-electron chi connectivity index (χ2n) is 6.65. The molecule has 134 valence electrons. The quantitative estimate of drug-likeness (QED) is 0.791. The summed E-state index contributed by atoms with van der Waals surface area (Å²) in [5.41, 5.74) is 2.56. The van der Waals surface area contributed by atoms with Crippen molar-refractivity contribution >= 4 is 5.91 Å². The van der Waals surface area contributed by atoms with Gasteiger partial charge in [-0.2, -0.15) is 0 Å². The first kappa shape index (κ1) is 18.6. The minimum Gasteiger partial charge on any atom is -0.490 e. The predicted molar refractivity (Wildman–Crippen MR) is 94.8 cm³/mol. The van der Waals surface area contributed by atoms with Gasteiger partial charge in [-0.1, -0.05) is 0 Å². The van der Waals surface area contributed by atoms with Crippen molar-refractivity contribution in [2.45, 2.75) is 59.7 Å². The number of carbonyl (C=O) groups is 1. The third kappa shape index (κ3) is 4.41. The molecule has 1 unspecified atom stereocenters. The summed E-state index contributed by atoms with van der Waals surface area (Å²) in [5.74, 6) is 1.75. The molecule has 2 atom stereocenters. The van der Waals surface area contributed by atoms with E-state index in [1.165, 1.54) is 16.0 Å². The van der Waals surface area contributed by atoms with Gasteiger partial charge in [-0.3, -0.25) is 4.79 Å². The normalized spacial score (nSPS) is 18.0. The molecule has 0 bridgehead atoms. The highest BCUT2D eigenvalue weighted by Crippen LogP contribution is 2.32. The molecule has 0 saturated carbocycles. The fourth-order valence-electron chi connectivity index (χ4n) is 3.17. The molecular weight excluding hydrogens is 304 g/mol. The van der Waals surface area contributed by atoms with Gasteiger partial charge >= 0.3 is 0 Å². The zero-order valence-corrected chi connectivity index (χ0v) is 15.6. The molecule has 2 rings (SSSR count). The zero-order valence-electron chi connectivity index (χ0n) is 15.6. The molecule has 5 nitrogen and oxygen atoms in total. The van der Waals surface area contributed by atoms with E-state index in [1.807, 2.05) is 34.6 Å². The van der Waals surface area contributed by atoms with Crippen molar-refractivity contribution in [1.29, 1.82) is 0 Å². The molecule has 0 spiro atoms. The van der Waals surface area contributed by atoms with E-state index in [2.05, 4.69) is 17.4 Å². The number of benzene rings is 1. The first-order valence-corrected chi connectivity index (χ1v) is 9.02. The minimum absolute atomic E-state index is 0.0531. The fourth-order valence-corrected chi connectivity index (χ4v) is 3.17. The minimum atomic E-state index is -0.0531. The number of ether oxygens (including phenoxy) is 2. The molecule has 2 N–H and O–H groups in total. The largest absolute Gasteiger partial charge is 0.490 e. The maximum atomic E-state index is 12.3. The SMILES string of the molecule is CCOc1cc2c(cc1OCC)C[NH+]([C@@H](C)C(=O)NC(C)C)CC2. The highest BCUT2D eigenvalue weighted by atomic mass is 16.5. The van der Waals surface area contributed by atoms with Crippen molar-refractivity contribution in [3.63, 3.8) is 0 Å². The Morgan fingerprint density at radius 3 is 2.25 bits per heavy atom. The smallest absolute Gasteiger partial charge is 0.278 e. The molecule has 5 heteroatoms. The van der Waals surface area contributed by atoms with Crippen molar-refractivity contribution in [2.24, 2.45) is 0 Å². The lowest BCUT2D eigenvalue weighted by Crippen LogP contribution is -3.16. The van der Waals surface area contributed by atoms with Gasteiger partial charge in [0.25, 0.3) is 5.91 Å². The lowest BCUT2D eigenvalue weighted by atomic mass is 9.97. The molecule has 24 heavy (non-hydrogen) atoms. The monoisotopic (exact) mass is 335 g/mol. The van der Waals surface area contributed by atoms with E-state index in [1.54, 1.807) is 0 Å². The number of quaternary nitrogens is 1. The van der Waals surface area contributed by atoms with E-state index in [4.69, 9.17) is 9.47 Å². The van der Waals surface area contributed by atoms with E-state index >= 15 is 0 Å². The molecule has 0 fully saturated rings. The molecule has 1 aromatic rings. The molecule has 0 aliphatic carbocycles. The number of carbonyl (C=O) groups excluding carboxylic acids is 1. The third-order valence-corrected chi connectivity index (χ3v) is 4.44. The first-order valence-electron chi connectivity index (χ1n) is 9.02. The van der Waals surface area contributed by atoms with Crippen molar-refractivity contribution < 1.29 is 19.2 Å². The van der Waals surface area contributed by atoms with Crippen LogP contribution in [0, 0.1) is 0 Å². The van der Waals surface area contributed by atoms with Crippen LogP contribution in [0.2, 0.25) is 0 Å². The second kappa shape index (κ2) is 8.38. The highest BCUT2D eigenvalue weighted by molar-refractivity contribution is 5.80. The molecule has 0 radical (unpaired) electrons. The summed E-state index contributed by atoms with van der Waals surface area (Å²) in [6, 6.07) is 4.33. The van der Waals surface area contributed by atoms with Crippen LogP contribution in [-0.2, 0) is 17.8 Å². The van der Waals surface area contributed by atoms with Gasteiger partial charge in [0.1, 0.15) is 6.54 Å². The molecule has 1 aromatic carbocycles. The Hall–Kier alpha value is -1.75. The summed E-state index contributed by atoms with van der Waals surface area (Å²) >= 11 is 0. The van der Waals surface area contributed by atoms with Crippen molar-refractivity contribution in [1.82, 2.24) is 5.32 Å². The number of rotatable bonds is 7. The van der Waals surface area contributed by atoms with Crippen LogP contribution in [0.25, 0.3) is 0 Å². The Balaban J connectivity index is 2.17. The Morgan fingerprint density at radius 1 is 1.12 bits per heavy atom. The van der Waals surface area contributed by atoms with Gasteiger partial charge in [0.05, 0.1) is 19.8 Å². The first-order chi connectivity index (χ1) is 11.5. The number of hydrogen-bond donors (Lipinski definition) is 2. The number of hydrogen-bond acceptors (Lipinski definition) is 3. The molecule has 0 aromatic heterocycles. The van der Waals surface area contributed by atoms with Crippen LogP contribution in [0.1, 0.15) is 45.7 Å². The topological polar surface area (TPSA) is 52.0 Å². The Labute approximate surface area is 145 Å². The molecule has 0 saturated heterocycles. The van der Waals surface area contributed by atoms with E-state index < -0.39 is 0 Å². The summed E-state index contributed by atoms with van der Waals surface area (Å²) < 4.78 is 11.5. The van der Waals surface area contributed by atoms with Gasteiger partial charge in [-0.05, 0) is 52.3 Å². The lowest BCUT2D eigenvalue weighted by Gasteiger charge is -2.31. The Morgan fingerprint density at radius 2 is 1.71 bits per heavy atom. The van der Waals surface area contributed by atoms with Gasteiger partial charge < -0.3 is 19.7 Å². The molecule has 1 heterocycles. The van der Waals surface area contributed by atoms with Crippen LogP contribution in [0.3, 0.4) is 0 Å². The Bertz CT molecular complexity index is 572. The fraction of sp³-hybridized carbons (Fsp3) is 0.632. The van der Waals surface area contributed by atoms with Crippen LogP contribution in [0.4, 0.5) is 0 Å². The van der Waals surface area contributed by atoms with Crippen LogP contribution in [0.15, 0.2) is 12.1 Å². The summed E-state index contributed by atoms with van der Waals surface area (Å²) in [7, 11) is 0. The number of nitrogens with one attached hydrogen (secondary N) is 2. The van der Waals surface area contributed by atoms with Gasteiger partial charge in [-0.25, -0.2) is 0 Å². The summed E-state index contributed by atoms with van der Waals surface area (Å²) in [4.78, 5) is 13.6. The highest BCUT2D eigenvalue weighted by Gasteiger charge is 2.30. The number of amides is 1. The molecular formula is C19H31N2O3+. The van der Waals surface area contributed by atoms with E-state index in [9.17, 15) is 4.79 Å². The van der Waals surface area contributed by atoms with Crippen molar-refractivity contribution in [3.8, 4) is 11.5 Å². The summed E-state index contributed by atoms with van der Waals surface area (Å²) in [6.45, 7) is 13.0. The standard InChI is InChI=1S/C19H30N2O3/c1-6-23-17-10-15-8-9-21(14(5)19(22)20-13(3)4)12-16(15)11-18(17)24-7-2/h10-11,13-14H,6-9,12H2,1-5H3,(H,20,22)/p+1/t14-/m0/s1. The van der Waals surface area contributed by atoms with Gasteiger partial charge in [-0.15, -0.1) is 0 Å². The van der Waals surface area contributed by atoms with Crippen LogP contribution >= 0.6 is 0 Å². The number of fused-ring (bicyclic) bond motifs is 1. The average Bonchev–Trinajstić information content (AvgIpc) is 2.54. The Kier molecular flexibility index (Phi) is 6.49. The third-order valence-electron chi connectivity index (χ3n) is 4.44. The van der Waals surface area contributed by atoms with Crippen LogP contribution in [0.5, 0.6) is 11.5 Å². The molecule has 1 aliphatic rings. The lowest BCUT2D eigenvalue weighted by molar-refractivity contribution is -0.929. The van der Waals surface area contributed by atoms with E-state index in [0.29, 0.717) is 13.2 Å². The second-order valence-corrected chi connectivity index (χ2v) is 6.65. The van der Waals surface area contributed by atoms with Crippen molar-refractivity contribution in [3.05, 3.63) is 23.3 Å². The maximum Gasteiger partial charge on any atom is 0.278 e. The maximum absolute atomic E-state index is 12.3. The van der Waals surface area contributed by atoms with Crippen LogP contribution < -0.4 is 19.7 Å². The van der Waals surface area contributed by atoms with E-state index in [0.717, 1.165) is 31.0 Å². The zero-order chi connectivity index (χ0) is 17.7. The predicted octanol–water partition coefficient (Wildman–Crippen LogP) is 1.34. The average molecular weight is 335 g/mol. The van der Waals surface area contributed by atoms with E-state index in [-0.39, 0.29) is 18.0 Å². The molecule has 1 aliphatic heterocycles. The van der Waals surface area contributed by atoms with Gasteiger partial charge in [0.15, 0.2) is 17.5 Å². The summed E-state index contributed by atoms with van der Waals surface area (Å²) in [5, 5.41) is 3.02. The van der Waals surface area contributed by atoms with Crippen LogP contribution in [-0.4, -0.2) is 37.7 Å².